The molecule has 18 heavy (non-hydrogen) atoms. The van der Waals surface area contributed by atoms with E-state index < -0.39 is 0 Å². The van der Waals surface area contributed by atoms with Crippen LogP contribution in [0.15, 0.2) is 11.4 Å². The van der Waals surface area contributed by atoms with Gasteiger partial charge in [-0.3, -0.25) is 4.79 Å². The Morgan fingerprint density at radius 2 is 2.11 bits per heavy atom. The van der Waals surface area contributed by atoms with E-state index in [1.807, 2.05) is 5.38 Å². The van der Waals surface area contributed by atoms with Crippen molar-refractivity contribution in [3.05, 3.63) is 16.3 Å². The number of rotatable bonds is 8. The number of hydrogen-bond donors (Lipinski definition) is 2. The average Bonchev–Trinajstić information content (AvgIpc) is 2.81. The van der Waals surface area contributed by atoms with Gasteiger partial charge in [0.2, 0.25) is 0 Å². The van der Waals surface area contributed by atoms with Crippen LogP contribution in [0.1, 0.15) is 9.67 Å². The van der Waals surface area contributed by atoms with Crippen molar-refractivity contribution < 1.29 is 14.3 Å². The number of thiophene rings is 1. The summed E-state index contributed by atoms with van der Waals surface area (Å²) in [7, 11) is 3.22. The first-order chi connectivity index (χ1) is 8.29. The van der Waals surface area contributed by atoms with Crippen molar-refractivity contribution in [2.45, 2.75) is 0 Å². The lowest BCUT2D eigenvalue weighted by molar-refractivity contribution is 0.0955. The molecule has 5 nitrogen and oxygen atoms in total. The van der Waals surface area contributed by atoms with E-state index in [-0.39, 0.29) is 18.3 Å². The van der Waals surface area contributed by atoms with Crippen molar-refractivity contribution in [2.24, 2.45) is 0 Å². The molecule has 0 unspecified atom stereocenters. The minimum Gasteiger partial charge on any atom is -0.495 e. The molecular weight excluding hydrogens is 276 g/mol. The van der Waals surface area contributed by atoms with Gasteiger partial charge in [-0.25, -0.2) is 0 Å². The van der Waals surface area contributed by atoms with Gasteiger partial charge in [-0.2, -0.15) is 0 Å². The maximum absolute atomic E-state index is 11.7. The number of carbonyl (C=O) groups is 1. The van der Waals surface area contributed by atoms with Crippen molar-refractivity contribution in [1.82, 2.24) is 10.6 Å². The summed E-state index contributed by atoms with van der Waals surface area (Å²) in [6.45, 7) is 2.77. The zero-order valence-corrected chi connectivity index (χ0v) is 12.2. The maximum atomic E-state index is 11.7. The molecule has 0 fully saturated rings. The number of hydrogen-bond acceptors (Lipinski definition) is 5. The first-order valence-electron chi connectivity index (χ1n) is 5.39. The Balaban J connectivity index is 0.00000289. The Hall–Kier alpha value is -0.820. The molecule has 0 radical (unpaired) electrons. The number of ether oxygens (including phenoxy) is 2. The molecule has 1 amide bonds. The maximum Gasteiger partial charge on any atom is 0.265 e. The SMILES string of the molecule is COCCNCCNC(=O)c1sccc1OC.Cl. The molecule has 0 aliphatic rings. The van der Waals surface area contributed by atoms with Gasteiger partial charge < -0.3 is 20.1 Å². The summed E-state index contributed by atoms with van der Waals surface area (Å²) >= 11 is 1.38. The van der Waals surface area contributed by atoms with Crippen LogP contribution in [0.4, 0.5) is 0 Å². The highest BCUT2D eigenvalue weighted by Crippen LogP contribution is 2.23. The molecule has 104 valence electrons. The zero-order valence-electron chi connectivity index (χ0n) is 10.5. The van der Waals surface area contributed by atoms with E-state index in [2.05, 4.69) is 10.6 Å². The van der Waals surface area contributed by atoms with Crippen molar-refractivity contribution in [3.8, 4) is 5.75 Å². The molecule has 1 aromatic heterocycles. The Morgan fingerprint density at radius 3 is 2.78 bits per heavy atom. The summed E-state index contributed by atoms with van der Waals surface area (Å²) < 4.78 is 9.98. The van der Waals surface area contributed by atoms with Crippen LogP contribution < -0.4 is 15.4 Å². The van der Waals surface area contributed by atoms with Crippen molar-refractivity contribution in [2.75, 3.05) is 40.5 Å². The fourth-order valence-electron chi connectivity index (χ4n) is 1.27. The predicted molar refractivity (Wildman–Crippen MR) is 75.2 cm³/mol. The van der Waals surface area contributed by atoms with E-state index in [1.54, 1.807) is 20.3 Å². The van der Waals surface area contributed by atoms with E-state index >= 15 is 0 Å². The van der Waals surface area contributed by atoms with Gasteiger partial charge in [0.25, 0.3) is 5.91 Å². The van der Waals surface area contributed by atoms with Crippen LogP contribution in [0.2, 0.25) is 0 Å². The summed E-state index contributed by atoms with van der Waals surface area (Å²) in [5.41, 5.74) is 0. The van der Waals surface area contributed by atoms with Crippen LogP contribution in [-0.4, -0.2) is 46.4 Å². The number of nitrogens with one attached hydrogen (secondary N) is 2. The Bertz CT molecular complexity index is 347. The third-order valence-electron chi connectivity index (χ3n) is 2.13. The summed E-state index contributed by atoms with van der Waals surface area (Å²) in [5.74, 6) is 0.533. The summed E-state index contributed by atoms with van der Waals surface area (Å²) in [6.07, 6.45) is 0. The molecule has 0 spiro atoms. The van der Waals surface area contributed by atoms with E-state index in [9.17, 15) is 4.79 Å². The summed E-state index contributed by atoms with van der Waals surface area (Å²) in [5, 5.41) is 7.81. The summed E-state index contributed by atoms with van der Waals surface area (Å²) in [6, 6.07) is 1.79. The lowest BCUT2D eigenvalue weighted by Crippen LogP contribution is -2.32. The number of halogens is 1. The van der Waals surface area contributed by atoms with E-state index in [1.165, 1.54) is 11.3 Å². The smallest absolute Gasteiger partial charge is 0.265 e. The number of carbonyl (C=O) groups excluding carboxylic acids is 1. The molecule has 7 heteroatoms. The molecular formula is C11H19ClN2O3S. The highest BCUT2D eigenvalue weighted by atomic mass is 35.5. The van der Waals surface area contributed by atoms with Crippen LogP contribution in [-0.2, 0) is 4.74 Å². The highest BCUT2D eigenvalue weighted by molar-refractivity contribution is 7.12. The molecule has 1 rings (SSSR count). The second-order valence-corrected chi connectivity index (χ2v) is 4.23. The molecule has 0 aromatic carbocycles. The third kappa shape index (κ3) is 5.68. The first-order valence-corrected chi connectivity index (χ1v) is 6.27. The van der Waals surface area contributed by atoms with Gasteiger partial charge >= 0.3 is 0 Å². The van der Waals surface area contributed by atoms with Crippen molar-refractivity contribution >= 4 is 29.7 Å². The van der Waals surface area contributed by atoms with Crippen LogP contribution in [0.3, 0.4) is 0 Å². The van der Waals surface area contributed by atoms with Gasteiger partial charge in [-0.15, -0.1) is 23.7 Å². The molecule has 0 aliphatic heterocycles. The topological polar surface area (TPSA) is 59.6 Å². The fraction of sp³-hybridized carbons (Fsp3) is 0.545. The molecule has 0 saturated carbocycles. The highest BCUT2D eigenvalue weighted by Gasteiger charge is 2.12. The Labute approximate surface area is 117 Å². The van der Waals surface area contributed by atoms with Gasteiger partial charge in [0.05, 0.1) is 13.7 Å². The standard InChI is InChI=1S/C11H18N2O3S.ClH/c1-15-7-6-12-4-5-13-11(14)10-9(16-2)3-8-17-10;/h3,8,12H,4-7H2,1-2H3,(H,13,14);1H. The Kier molecular flexibility index (Phi) is 9.67. The van der Waals surface area contributed by atoms with Crippen molar-refractivity contribution in [1.29, 1.82) is 0 Å². The lowest BCUT2D eigenvalue weighted by Gasteiger charge is -2.06. The molecule has 1 heterocycles. The van der Waals surface area contributed by atoms with E-state index in [4.69, 9.17) is 9.47 Å². The van der Waals surface area contributed by atoms with Gasteiger partial charge in [0.1, 0.15) is 10.6 Å². The average molecular weight is 295 g/mol. The quantitative estimate of drug-likeness (QED) is 0.706. The molecule has 0 aliphatic carbocycles. The second kappa shape index (κ2) is 10.1. The second-order valence-electron chi connectivity index (χ2n) is 3.32. The monoisotopic (exact) mass is 294 g/mol. The van der Waals surface area contributed by atoms with E-state index in [0.717, 1.165) is 13.1 Å². The zero-order chi connectivity index (χ0) is 12.5. The molecule has 0 saturated heterocycles. The van der Waals surface area contributed by atoms with Gasteiger partial charge in [0.15, 0.2) is 0 Å². The van der Waals surface area contributed by atoms with Crippen LogP contribution in [0.5, 0.6) is 5.75 Å². The van der Waals surface area contributed by atoms with Crippen LogP contribution >= 0.6 is 23.7 Å². The number of amides is 1. The van der Waals surface area contributed by atoms with Crippen LogP contribution in [0, 0.1) is 0 Å². The van der Waals surface area contributed by atoms with Crippen molar-refractivity contribution in [3.63, 3.8) is 0 Å². The normalized spacial score (nSPS) is 9.67. The van der Waals surface area contributed by atoms with Crippen LogP contribution in [0.25, 0.3) is 0 Å². The molecule has 0 bridgehead atoms. The predicted octanol–water partition coefficient (Wildman–Crippen LogP) is 1.14. The third-order valence-corrected chi connectivity index (χ3v) is 3.02. The number of methoxy groups -OCH3 is 2. The van der Waals surface area contributed by atoms with Gasteiger partial charge in [-0.05, 0) is 11.4 Å². The molecule has 1 aromatic rings. The minimum atomic E-state index is -0.0922. The fourth-order valence-corrected chi connectivity index (χ4v) is 2.04. The van der Waals surface area contributed by atoms with Gasteiger partial charge in [-0.1, -0.05) is 0 Å². The minimum absolute atomic E-state index is 0. The molecule has 2 N–H and O–H groups in total. The largest absolute Gasteiger partial charge is 0.495 e. The van der Waals surface area contributed by atoms with E-state index in [0.29, 0.717) is 23.8 Å². The first kappa shape index (κ1) is 17.2. The van der Waals surface area contributed by atoms with Gasteiger partial charge in [0, 0.05) is 26.7 Å². The lowest BCUT2D eigenvalue weighted by atomic mass is 10.4. The Morgan fingerprint density at radius 1 is 1.33 bits per heavy atom. The summed E-state index contributed by atoms with van der Waals surface area (Å²) in [4.78, 5) is 12.4. The molecule has 0 atom stereocenters.